The third kappa shape index (κ3) is 4.39. The lowest BCUT2D eigenvalue weighted by Crippen LogP contribution is -2.23. The molecule has 0 aliphatic rings. The van der Waals surface area contributed by atoms with Gasteiger partial charge in [-0.1, -0.05) is 51.1 Å². The van der Waals surface area contributed by atoms with Crippen molar-refractivity contribution in [2.75, 3.05) is 6.54 Å². The fourth-order valence-corrected chi connectivity index (χ4v) is 3.02. The summed E-state index contributed by atoms with van der Waals surface area (Å²) in [6.07, 6.45) is 2.13. The molecule has 1 aromatic heterocycles. The molecule has 1 atom stereocenters. The summed E-state index contributed by atoms with van der Waals surface area (Å²) in [4.78, 5) is 0. The number of rotatable bonds is 7. The average Bonchev–Trinajstić information content (AvgIpc) is 2.92. The van der Waals surface area contributed by atoms with Gasteiger partial charge in [-0.3, -0.25) is 0 Å². The standard InChI is InChI=1S/C16H23N3S/c1-12(2)17-11-7-10-15-18-19-16(20-15)13(3)14-8-5-4-6-9-14/h4-6,8-9,12-13,17H,7,10-11H2,1-3H3. The van der Waals surface area contributed by atoms with Gasteiger partial charge >= 0.3 is 0 Å². The van der Waals surface area contributed by atoms with Crippen LogP contribution in [0.4, 0.5) is 0 Å². The maximum absolute atomic E-state index is 4.35. The van der Waals surface area contributed by atoms with Crippen molar-refractivity contribution in [1.82, 2.24) is 15.5 Å². The maximum atomic E-state index is 4.35. The zero-order valence-electron chi connectivity index (χ0n) is 12.5. The SMILES string of the molecule is CC(C)NCCCc1nnc(C(C)c2ccccc2)s1. The van der Waals surface area contributed by atoms with Crippen molar-refractivity contribution < 1.29 is 0 Å². The normalized spacial score (nSPS) is 12.8. The first-order valence-corrected chi connectivity index (χ1v) is 8.09. The summed E-state index contributed by atoms with van der Waals surface area (Å²) in [5, 5.41) is 14.4. The maximum Gasteiger partial charge on any atom is 0.124 e. The number of aromatic nitrogens is 2. The first-order chi connectivity index (χ1) is 9.66. The van der Waals surface area contributed by atoms with Crippen LogP contribution in [-0.2, 0) is 6.42 Å². The lowest BCUT2D eigenvalue weighted by molar-refractivity contribution is 0.569. The van der Waals surface area contributed by atoms with E-state index in [9.17, 15) is 0 Å². The van der Waals surface area contributed by atoms with Gasteiger partial charge in [0.25, 0.3) is 0 Å². The summed E-state index contributed by atoms with van der Waals surface area (Å²) >= 11 is 1.74. The Morgan fingerprint density at radius 1 is 1.10 bits per heavy atom. The van der Waals surface area contributed by atoms with Crippen LogP contribution in [-0.4, -0.2) is 22.8 Å². The van der Waals surface area contributed by atoms with E-state index in [1.807, 2.05) is 6.07 Å². The molecule has 0 spiro atoms. The Labute approximate surface area is 125 Å². The van der Waals surface area contributed by atoms with Gasteiger partial charge < -0.3 is 5.32 Å². The van der Waals surface area contributed by atoms with Gasteiger partial charge in [0.05, 0.1) is 0 Å². The Morgan fingerprint density at radius 3 is 2.55 bits per heavy atom. The molecule has 2 rings (SSSR count). The molecule has 0 bridgehead atoms. The second-order valence-electron chi connectivity index (χ2n) is 5.38. The van der Waals surface area contributed by atoms with E-state index in [4.69, 9.17) is 0 Å². The Kier molecular flexibility index (Phi) is 5.68. The highest BCUT2D eigenvalue weighted by Crippen LogP contribution is 2.26. The summed E-state index contributed by atoms with van der Waals surface area (Å²) in [5.41, 5.74) is 1.30. The summed E-state index contributed by atoms with van der Waals surface area (Å²) < 4.78 is 0. The molecular weight excluding hydrogens is 266 g/mol. The zero-order chi connectivity index (χ0) is 14.4. The quantitative estimate of drug-likeness (QED) is 0.791. The van der Waals surface area contributed by atoms with Crippen molar-refractivity contribution in [3.63, 3.8) is 0 Å². The first kappa shape index (κ1) is 15.1. The molecule has 20 heavy (non-hydrogen) atoms. The van der Waals surface area contributed by atoms with Crippen molar-refractivity contribution >= 4 is 11.3 Å². The van der Waals surface area contributed by atoms with Crippen LogP contribution in [0, 0.1) is 0 Å². The Bertz CT molecular complexity index is 507. The molecule has 0 radical (unpaired) electrons. The second-order valence-corrected chi connectivity index (χ2v) is 6.47. The minimum absolute atomic E-state index is 0.330. The molecule has 0 aliphatic heterocycles. The first-order valence-electron chi connectivity index (χ1n) is 7.27. The average molecular weight is 289 g/mol. The van der Waals surface area contributed by atoms with E-state index < -0.39 is 0 Å². The van der Waals surface area contributed by atoms with Crippen molar-refractivity contribution in [2.24, 2.45) is 0 Å². The molecule has 0 fully saturated rings. The van der Waals surface area contributed by atoms with Gasteiger partial charge in [-0.05, 0) is 18.5 Å². The molecule has 4 heteroatoms. The molecule has 0 amide bonds. The number of hydrogen-bond donors (Lipinski definition) is 1. The van der Waals surface area contributed by atoms with E-state index in [0.717, 1.165) is 29.4 Å². The van der Waals surface area contributed by atoms with Gasteiger partial charge in [0.2, 0.25) is 0 Å². The van der Waals surface area contributed by atoms with E-state index in [0.29, 0.717) is 12.0 Å². The molecule has 1 unspecified atom stereocenters. The molecule has 1 heterocycles. The Morgan fingerprint density at radius 2 is 1.85 bits per heavy atom. The Balaban J connectivity index is 1.89. The summed E-state index contributed by atoms with van der Waals surface area (Å²) in [6, 6.07) is 11.1. The van der Waals surface area contributed by atoms with Gasteiger partial charge in [0, 0.05) is 18.4 Å². The van der Waals surface area contributed by atoms with Crippen LogP contribution < -0.4 is 5.32 Å². The second kappa shape index (κ2) is 7.50. The van der Waals surface area contributed by atoms with E-state index >= 15 is 0 Å². The highest BCUT2D eigenvalue weighted by Gasteiger charge is 2.13. The summed E-state index contributed by atoms with van der Waals surface area (Å²) in [5.74, 6) is 0.330. The van der Waals surface area contributed by atoms with Crippen LogP contribution >= 0.6 is 11.3 Å². The van der Waals surface area contributed by atoms with Crippen LogP contribution in [0.25, 0.3) is 0 Å². The molecule has 0 aliphatic carbocycles. The van der Waals surface area contributed by atoms with Crippen molar-refractivity contribution in [1.29, 1.82) is 0 Å². The van der Waals surface area contributed by atoms with Gasteiger partial charge in [0.1, 0.15) is 10.0 Å². The van der Waals surface area contributed by atoms with Gasteiger partial charge in [0.15, 0.2) is 0 Å². The number of nitrogens with zero attached hydrogens (tertiary/aromatic N) is 2. The highest BCUT2D eigenvalue weighted by molar-refractivity contribution is 7.11. The number of benzene rings is 1. The van der Waals surface area contributed by atoms with Crippen molar-refractivity contribution in [3.05, 3.63) is 45.9 Å². The molecule has 2 aromatic rings. The van der Waals surface area contributed by atoms with Crippen LogP contribution in [0.2, 0.25) is 0 Å². The lowest BCUT2D eigenvalue weighted by atomic mass is 10.0. The predicted octanol–water partition coefficient (Wildman–Crippen LogP) is 3.62. The zero-order valence-corrected chi connectivity index (χ0v) is 13.3. The van der Waals surface area contributed by atoms with Crippen molar-refractivity contribution in [2.45, 2.75) is 45.6 Å². The molecule has 108 valence electrons. The lowest BCUT2D eigenvalue weighted by Gasteiger charge is -2.07. The fraction of sp³-hybridized carbons (Fsp3) is 0.500. The number of aryl methyl sites for hydroxylation is 1. The monoisotopic (exact) mass is 289 g/mol. The van der Waals surface area contributed by atoms with E-state index in [2.05, 4.69) is 60.6 Å². The van der Waals surface area contributed by atoms with E-state index in [1.165, 1.54) is 5.56 Å². The summed E-state index contributed by atoms with van der Waals surface area (Å²) in [6.45, 7) is 7.58. The molecule has 0 saturated heterocycles. The molecular formula is C16H23N3S. The van der Waals surface area contributed by atoms with Crippen LogP contribution in [0.1, 0.15) is 48.7 Å². The highest BCUT2D eigenvalue weighted by atomic mass is 32.1. The number of hydrogen-bond acceptors (Lipinski definition) is 4. The summed E-state index contributed by atoms with van der Waals surface area (Å²) in [7, 11) is 0. The molecule has 0 saturated carbocycles. The van der Waals surface area contributed by atoms with Gasteiger partial charge in [-0.2, -0.15) is 0 Å². The van der Waals surface area contributed by atoms with Crippen LogP contribution in [0.15, 0.2) is 30.3 Å². The Hall–Kier alpha value is -1.26. The van der Waals surface area contributed by atoms with Crippen molar-refractivity contribution in [3.8, 4) is 0 Å². The molecule has 3 nitrogen and oxygen atoms in total. The van der Waals surface area contributed by atoms with Crippen LogP contribution in [0.3, 0.4) is 0 Å². The van der Waals surface area contributed by atoms with E-state index in [1.54, 1.807) is 11.3 Å². The van der Waals surface area contributed by atoms with E-state index in [-0.39, 0.29) is 0 Å². The molecule has 1 N–H and O–H groups in total. The van der Waals surface area contributed by atoms with Gasteiger partial charge in [-0.15, -0.1) is 21.5 Å². The predicted molar refractivity (Wildman–Crippen MR) is 85.3 cm³/mol. The smallest absolute Gasteiger partial charge is 0.124 e. The topological polar surface area (TPSA) is 37.8 Å². The number of nitrogens with one attached hydrogen (secondary N) is 1. The minimum atomic E-state index is 0.330. The van der Waals surface area contributed by atoms with Gasteiger partial charge in [-0.25, -0.2) is 0 Å². The third-order valence-corrected chi connectivity index (χ3v) is 4.44. The largest absolute Gasteiger partial charge is 0.315 e. The van der Waals surface area contributed by atoms with Crippen LogP contribution in [0.5, 0.6) is 0 Å². The third-order valence-electron chi connectivity index (χ3n) is 3.27. The fourth-order valence-electron chi connectivity index (χ4n) is 2.06. The molecule has 1 aromatic carbocycles. The minimum Gasteiger partial charge on any atom is -0.315 e.